The fraction of sp³-hybridized carbons (Fsp3) is 0.417. The Balaban J connectivity index is 2.59. The lowest BCUT2D eigenvalue weighted by Crippen LogP contribution is -2.06. The summed E-state index contributed by atoms with van der Waals surface area (Å²) in [6.45, 7) is 0. The van der Waals surface area contributed by atoms with Gasteiger partial charge in [0.05, 0.1) is 19.2 Å². The Bertz CT molecular complexity index is 491. The average Bonchev–Trinajstić information content (AvgIpc) is 3.09. The van der Waals surface area contributed by atoms with Crippen LogP contribution in [0.5, 0.6) is 11.5 Å². The van der Waals surface area contributed by atoms with Crippen LogP contribution in [-0.2, 0) is 10.3 Å². The minimum atomic E-state index is -0.495. The molecule has 0 aromatic heterocycles. The predicted octanol–water partition coefficient (Wildman–Crippen LogP) is 2.68. The van der Waals surface area contributed by atoms with E-state index < -0.39 is 5.54 Å². The quantitative estimate of drug-likeness (QED) is 0.612. The molecule has 0 aliphatic heterocycles. The Kier molecular flexibility index (Phi) is 3.09. The van der Waals surface area contributed by atoms with Crippen LogP contribution in [0.2, 0.25) is 5.02 Å². The molecular weight excluding hydrogens is 242 g/mol. The van der Waals surface area contributed by atoms with Crippen molar-refractivity contribution < 1.29 is 14.3 Å². The lowest BCUT2D eigenvalue weighted by Gasteiger charge is -2.17. The fourth-order valence-electron chi connectivity index (χ4n) is 1.95. The van der Waals surface area contributed by atoms with E-state index in [2.05, 4.69) is 4.99 Å². The van der Waals surface area contributed by atoms with Crippen LogP contribution in [0.4, 0.5) is 0 Å². The summed E-state index contributed by atoms with van der Waals surface area (Å²) in [7, 11) is 3.06. The second-order valence-electron chi connectivity index (χ2n) is 3.90. The molecule has 0 radical (unpaired) electrons. The van der Waals surface area contributed by atoms with Gasteiger partial charge in [-0.25, -0.2) is 4.79 Å². The van der Waals surface area contributed by atoms with Gasteiger partial charge in [-0.3, -0.25) is 0 Å². The number of methoxy groups -OCH3 is 2. The smallest absolute Gasteiger partial charge is 0.235 e. The van der Waals surface area contributed by atoms with Crippen molar-refractivity contribution >= 4 is 17.7 Å². The molecule has 1 aliphatic rings. The van der Waals surface area contributed by atoms with E-state index in [9.17, 15) is 4.79 Å². The van der Waals surface area contributed by atoms with Gasteiger partial charge in [-0.15, -0.1) is 0 Å². The second-order valence-corrected chi connectivity index (χ2v) is 4.30. The van der Waals surface area contributed by atoms with Crippen molar-refractivity contribution in [3.8, 4) is 11.5 Å². The first-order valence-corrected chi connectivity index (χ1v) is 5.56. The van der Waals surface area contributed by atoms with Crippen molar-refractivity contribution in [3.05, 3.63) is 22.7 Å². The number of isocyanates is 1. The van der Waals surface area contributed by atoms with E-state index in [1.807, 2.05) is 6.07 Å². The Labute approximate surface area is 104 Å². The summed E-state index contributed by atoms with van der Waals surface area (Å²) in [5, 5.41) is 0.471. The molecule has 0 N–H and O–H groups in total. The van der Waals surface area contributed by atoms with Crippen LogP contribution in [-0.4, -0.2) is 20.3 Å². The number of hydrogen-bond donors (Lipinski definition) is 0. The van der Waals surface area contributed by atoms with Gasteiger partial charge >= 0.3 is 0 Å². The molecule has 4 nitrogen and oxygen atoms in total. The molecule has 5 heteroatoms. The number of carbonyl (C=O) groups excluding carboxylic acids is 1. The summed E-state index contributed by atoms with van der Waals surface area (Å²) in [6, 6.07) is 3.54. The van der Waals surface area contributed by atoms with Crippen LogP contribution in [0, 0.1) is 0 Å². The Hall–Kier alpha value is -1.51. The minimum Gasteiger partial charge on any atom is -0.492 e. The van der Waals surface area contributed by atoms with E-state index in [0.717, 1.165) is 18.4 Å². The average molecular weight is 254 g/mol. The normalized spacial score (nSPS) is 15.9. The predicted molar refractivity (Wildman–Crippen MR) is 63.6 cm³/mol. The van der Waals surface area contributed by atoms with E-state index >= 15 is 0 Å². The highest BCUT2D eigenvalue weighted by molar-refractivity contribution is 6.32. The molecule has 0 unspecified atom stereocenters. The summed E-state index contributed by atoms with van der Waals surface area (Å²) in [6.07, 6.45) is 3.24. The third kappa shape index (κ3) is 1.90. The third-order valence-corrected chi connectivity index (χ3v) is 3.25. The zero-order valence-electron chi connectivity index (χ0n) is 9.62. The molecule has 0 heterocycles. The first kappa shape index (κ1) is 12.0. The number of benzene rings is 1. The van der Waals surface area contributed by atoms with Crippen LogP contribution in [0.25, 0.3) is 0 Å². The first-order chi connectivity index (χ1) is 8.18. The summed E-state index contributed by atoms with van der Waals surface area (Å²) in [5.74, 6) is 1.01. The topological polar surface area (TPSA) is 47.9 Å². The van der Waals surface area contributed by atoms with Crippen molar-refractivity contribution in [2.75, 3.05) is 14.2 Å². The maximum Gasteiger partial charge on any atom is 0.235 e. The molecule has 1 aromatic rings. The lowest BCUT2D eigenvalue weighted by atomic mass is 10.0. The van der Waals surface area contributed by atoms with Crippen molar-refractivity contribution in [2.24, 2.45) is 4.99 Å². The SMILES string of the molecule is COc1c(Cl)ccc(C2(N=C=O)CC2)c1OC. The first-order valence-electron chi connectivity index (χ1n) is 5.18. The molecular formula is C12H12ClNO3. The summed E-state index contributed by atoms with van der Waals surface area (Å²) < 4.78 is 10.5. The number of nitrogens with zero attached hydrogens (tertiary/aromatic N) is 1. The Morgan fingerprint density at radius 3 is 2.41 bits per heavy atom. The number of ether oxygens (including phenoxy) is 2. The van der Waals surface area contributed by atoms with Gasteiger partial charge in [-0.05, 0) is 18.9 Å². The van der Waals surface area contributed by atoms with E-state index in [4.69, 9.17) is 21.1 Å². The highest BCUT2D eigenvalue weighted by atomic mass is 35.5. The molecule has 0 spiro atoms. The summed E-state index contributed by atoms with van der Waals surface area (Å²) in [4.78, 5) is 14.3. The number of aliphatic imine (C=N–C) groups is 1. The Morgan fingerprint density at radius 2 is 1.94 bits per heavy atom. The lowest BCUT2D eigenvalue weighted by molar-refractivity contribution is 0.349. The van der Waals surface area contributed by atoms with E-state index in [1.54, 1.807) is 19.3 Å². The van der Waals surface area contributed by atoms with E-state index in [-0.39, 0.29) is 0 Å². The molecule has 17 heavy (non-hydrogen) atoms. The Morgan fingerprint density at radius 1 is 1.29 bits per heavy atom. The maximum absolute atomic E-state index is 10.5. The monoisotopic (exact) mass is 253 g/mol. The summed E-state index contributed by atoms with van der Waals surface area (Å²) >= 11 is 6.01. The van der Waals surface area contributed by atoms with Crippen LogP contribution in [0.15, 0.2) is 17.1 Å². The molecule has 0 amide bonds. The molecule has 1 aliphatic carbocycles. The zero-order valence-corrected chi connectivity index (χ0v) is 10.4. The molecule has 0 saturated heterocycles. The molecule has 0 atom stereocenters. The molecule has 0 bridgehead atoms. The maximum atomic E-state index is 10.5. The zero-order chi connectivity index (χ0) is 12.5. The van der Waals surface area contributed by atoms with Gasteiger partial charge in [0.15, 0.2) is 11.5 Å². The molecule has 1 fully saturated rings. The molecule has 1 aromatic carbocycles. The van der Waals surface area contributed by atoms with Gasteiger partial charge in [-0.2, -0.15) is 4.99 Å². The van der Waals surface area contributed by atoms with E-state index in [1.165, 1.54) is 7.11 Å². The highest BCUT2D eigenvalue weighted by Gasteiger charge is 2.47. The second kappa shape index (κ2) is 4.40. The van der Waals surface area contributed by atoms with Gasteiger partial charge in [0.1, 0.15) is 5.54 Å². The van der Waals surface area contributed by atoms with Crippen LogP contribution < -0.4 is 9.47 Å². The van der Waals surface area contributed by atoms with Crippen LogP contribution in [0.1, 0.15) is 18.4 Å². The van der Waals surface area contributed by atoms with E-state index in [0.29, 0.717) is 16.5 Å². The van der Waals surface area contributed by atoms with Gasteiger partial charge in [0.25, 0.3) is 0 Å². The number of halogens is 1. The van der Waals surface area contributed by atoms with Gasteiger partial charge in [0, 0.05) is 5.56 Å². The molecule has 90 valence electrons. The number of rotatable bonds is 4. The molecule has 1 saturated carbocycles. The summed E-state index contributed by atoms with van der Waals surface area (Å²) in [5.41, 5.74) is 0.329. The number of hydrogen-bond acceptors (Lipinski definition) is 4. The minimum absolute atomic E-state index is 0.471. The highest BCUT2D eigenvalue weighted by Crippen LogP contribution is 2.55. The van der Waals surface area contributed by atoms with Crippen LogP contribution >= 0.6 is 11.6 Å². The van der Waals surface area contributed by atoms with Crippen molar-refractivity contribution in [3.63, 3.8) is 0 Å². The largest absolute Gasteiger partial charge is 0.492 e. The molecule has 2 rings (SSSR count). The van der Waals surface area contributed by atoms with Crippen molar-refractivity contribution in [2.45, 2.75) is 18.4 Å². The fourth-order valence-corrected chi connectivity index (χ4v) is 2.17. The van der Waals surface area contributed by atoms with Gasteiger partial charge < -0.3 is 9.47 Å². The third-order valence-electron chi connectivity index (χ3n) is 2.96. The van der Waals surface area contributed by atoms with Crippen LogP contribution in [0.3, 0.4) is 0 Å². The standard InChI is InChI=1S/C12H12ClNO3/c1-16-10-8(12(5-6-12)14-7-15)3-4-9(13)11(10)17-2/h3-4H,5-6H2,1-2H3. The van der Waals surface area contributed by atoms with Crippen molar-refractivity contribution in [1.29, 1.82) is 0 Å². The van der Waals surface area contributed by atoms with Gasteiger partial charge in [-0.1, -0.05) is 17.7 Å². The van der Waals surface area contributed by atoms with Gasteiger partial charge in [0.2, 0.25) is 6.08 Å². The van der Waals surface area contributed by atoms with Crippen molar-refractivity contribution in [1.82, 2.24) is 0 Å².